The van der Waals surface area contributed by atoms with E-state index < -0.39 is 5.60 Å². The van der Waals surface area contributed by atoms with Gasteiger partial charge in [-0.3, -0.25) is 0 Å². The number of ether oxygens (including phenoxy) is 2. The molecule has 0 aromatic heterocycles. The molecule has 4 bridgehead atoms. The van der Waals surface area contributed by atoms with Crippen LogP contribution in [0.4, 0.5) is 4.79 Å². The molecule has 4 rings (SSSR count). The molecular formula is C21H37NO4. The molecule has 0 aromatic rings. The number of carbonyl (C=O) groups is 1. The van der Waals surface area contributed by atoms with E-state index >= 15 is 0 Å². The average molecular weight is 368 g/mol. The lowest BCUT2D eigenvalue weighted by atomic mass is 9.42. The molecule has 0 aromatic carbocycles. The summed E-state index contributed by atoms with van der Waals surface area (Å²) < 4.78 is 11.3. The van der Waals surface area contributed by atoms with Crippen molar-refractivity contribution in [3.63, 3.8) is 0 Å². The predicted molar refractivity (Wildman–Crippen MR) is 101 cm³/mol. The van der Waals surface area contributed by atoms with Crippen LogP contribution < -0.4 is 0 Å². The summed E-state index contributed by atoms with van der Waals surface area (Å²) in [7, 11) is 0. The van der Waals surface area contributed by atoms with Crippen molar-refractivity contribution in [2.24, 2.45) is 16.7 Å². The molecular weight excluding hydrogens is 330 g/mol. The highest BCUT2D eigenvalue weighted by molar-refractivity contribution is 5.69. The molecule has 4 atom stereocenters. The van der Waals surface area contributed by atoms with Gasteiger partial charge in [-0.1, -0.05) is 13.8 Å². The lowest BCUT2D eigenvalue weighted by molar-refractivity contribution is -0.159. The highest BCUT2D eigenvalue weighted by Gasteiger charge is 2.62. The topological polar surface area (TPSA) is 59.0 Å². The van der Waals surface area contributed by atoms with Crippen molar-refractivity contribution in [3.8, 4) is 0 Å². The van der Waals surface area contributed by atoms with Crippen LogP contribution in [0.5, 0.6) is 0 Å². The minimum atomic E-state index is -0.503. The summed E-state index contributed by atoms with van der Waals surface area (Å²) in [6.45, 7) is 11.9. The van der Waals surface area contributed by atoms with E-state index in [4.69, 9.17) is 14.6 Å². The molecule has 150 valence electrons. The number of aliphatic hydroxyl groups is 1. The zero-order chi connectivity index (χ0) is 19.2. The zero-order valence-corrected chi connectivity index (χ0v) is 17.3. The Bertz CT molecular complexity index is 523. The van der Waals surface area contributed by atoms with Crippen LogP contribution in [0.2, 0.25) is 0 Å². The van der Waals surface area contributed by atoms with E-state index in [1.54, 1.807) is 0 Å². The number of hydrogen-bond acceptors (Lipinski definition) is 4. The van der Waals surface area contributed by atoms with Crippen LogP contribution in [0.1, 0.15) is 73.1 Å². The third-order valence-electron chi connectivity index (χ3n) is 6.48. The van der Waals surface area contributed by atoms with Gasteiger partial charge in [-0.2, -0.15) is 0 Å². The van der Waals surface area contributed by atoms with E-state index in [1.165, 1.54) is 19.3 Å². The summed E-state index contributed by atoms with van der Waals surface area (Å²) in [6, 6.07) is 0. The Kier molecular flexibility index (Phi) is 5.11. The van der Waals surface area contributed by atoms with Gasteiger partial charge < -0.3 is 19.5 Å². The maximum atomic E-state index is 13.1. The van der Waals surface area contributed by atoms with E-state index in [2.05, 4.69) is 13.8 Å². The SMILES string of the molecule is CC(C)(C)OC(=O)N(CCOCCO)C12CC3C[C@@](C)(C1)C[C@](C)(C3)C2. The molecule has 5 heteroatoms. The minimum Gasteiger partial charge on any atom is -0.444 e. The monoisotopic (exact) mass is 367 g/mol. The van der Waals surface area contributed by atoms with Crippen LogP contribution in [0.25, 0.3) is 0 Å². The van der Waals surface area contributed by atoms with E-state index in [0.717, 1.165) is 19.3 Å². The second-order valence-corrected chi connectivity index (χ2v) is 10.8. The van der Waals surface area contributed by atoms with Crippen LogP contribution in [-0.4, -0.2) is 53.6 Å². The molecule has 0 spiro atoms. The summed E-state index contributed by atoms with van der Waals surface area (Å²) in [4.78, 5) is 15.1. The highest BCUT2D eigenvalue weighted by Crippen LogP contribution is 2.67. The average Bonchev–Trinajstić information content (AvgIpc) is 2.40. The molecule has 4 fully saturated rings. The molecule has 4 aliphatic rings. The first-order chi connectivity index (χ1) is 12.0. The lowest BCUT2D eigenvalue weighted by Crippen LogP contribution is -2.67. The molecule has 1 amide bonds. The lowest BCUT2D eigenvalue weighted by Gasteiger charge is -2.67. The summed E-state index contributed by atoms with van der Waals surface area (Å²) in [5.41, 5.74) is 0.0615. The third-order valence-corrected chi connectivity index (χ3v) is 6.48. The molecule has 4 aliphatic carbocycles. The van der Waals surface area contributed by atoms with Gasteiger partial charge in [0.05, 0.1) is 19.8 Å². The normalized spacial score (nSPS) is 38.5. The molecule has 0 saturated heterocycles. The standard InChI is InChI=1S/C21H37NO4/c1-18(2,3)26-17(24)22(6-8-25-9-7-23)21-12-16-10-19(4,14-21)13-20(5,11-16)15-21/h16,23H,6-15H2,1-5H3/t16?,19-,20+,21?. The molecule has 0 aliphatic heterocycles. The molecule has 2 unspecified atom stereocenters. The van der Waals surface area contributed by atoms with Crippen LogP contribution in [-0.2, 0) is 9.47 Å². The second-order valence-electron chi connectivity index (χ2n) is 10.8. The first kappa shape index (κ1) is 19.9. The molecule has 5 nitrogen and oxygen atoms in total. The van der Waals surface area contributed by atoms with Crippen molar-refractivity contribution in [2.75, 3.05) is 26.4 Å². The third kappa shape index (κ3) is 4.04. The van der Waals surface area contributed by atoms with Gasteiger partial charge in [0.1, 0.15) is 5.60 Å². The fourth-order valence-electron chi connectivity index (χ4n) is 6.85. The fourth-order valence-corrected chi connectivity index (χ4v) is 6.85. The number of rotatable bonds is 6. The molecule has 4 saturated carbocycles. The number of nitrogens with zero attached hydrogens (tertiary/aromatic N) is 1. The first-order valence-electron chi connectivity index (χ1n) is 10.2. The first-order valence-corrected chi connectivity index (χ1v) is 10.2. The maximum absolute atomic E-state index is 13.1. The Balaban J connectivity index is 1.84. The van der Waals surface area contributed by atoms with Crippen molar-refractivity contribution < 1.29 is 19.4 Å². The maximum Gasteiger partial charge on any atom is 0.410 e. The largest absolute Gasteiger partial charge is 0.444 e. The Morgan fingerprint density at radius 1 is 1.08 bits per heavy atom. The van der Waals surface area contributed by atoms with E-state index in [1.807, 2.05) is 25.7 Å². The van der Waals surface area contributed by atoms with Crippen LogP contribution in [0, 0.1) is 16.7 Å². The molecule has 0 radical (unpaired) electrons. The van der Waals surface area contributed by atoms with Gasteiger partial charge in [0.2, 0.25) is 0 Å². The Morgan fingerprint density at radius 3 is 2.19 bits per heavy atom. The van der Waals surface area contributed by atoms with Crippen molar-refractivity contribution in [1.29, 1.82) is 0 Å². The predicted octanol–water partition coefficient (Wildman–Crippen LogP) is 3.98. The second kappa shape index (κ2) is 6.66. The molecule has 26 heavy (non-hydrogen) atoms. The molecule has 0 heterocycles. The summed E-state index contributed by atoms with van der Waals surface area (Å²) in [6.07, 6.45) is 6.91. The van der Waals surface area contributed by atoms with Crippen LogP contribution >= 0.6 is 0 Å². The Hall–Kier alpha value is -0.810. The van der Waals surface area contributed by atoms with Gasteiger partial charge in [-0.05, 0) is 76.0 Å². The van der Waals surface area contributed by atoms with Gasteiger partial charge >= 0.3 is 6.09 Å². The number of carbonyl (C=O) groups excluding carboxylic acids is 1. The fraction of sp³-hybridized carbons (Fsp3) is 0.952. The van der Waals surface area contributed by atoms with Crippen molar-refractivity contribution in [2.45, 2.75) is 84.3 Å². The van der Waals surface area contributed by atoms with Gasteiger partial charge in [-0.15, -0.1) is 0 Å². The highest BCUT2D eigenvalue weighted by atomic mass is 16.6. The molecule has 1 N–H and O–H groups in total. The minimum absolute atomic E-state index is 0.00972. The summed E-state index contributed by atoms with van der Waals surface area (Å²) in [5.74, 6) is 0.713. The van der Waals surface area contributed by atoms with E-state index in [-0.39, 0.29) is 18.2 Å². The van der Waals surface area contributed by atoms with Crippen molar-refractivity contribution >= 4 is 6.09 Å². The van der Waals surface area contributed by atoms with E-state index in [9.17, 15) is 4.79 Å². The van der Waals surface area contributed by atoms with Crippen molar-refractivity contribution in [1.82, 2.24) is 4.90 Å². The Labute approximate surface area is 158 Å². The number of aliphatic hydroxyl groups excluding tert-OH is 1. The zero-order valence-electron chi connectivity index (χ0n) is 17.3. The van der Waals surface area contributed by atoms with Crippen molar-refractivity contribution in [3.05, 3.63) is 0 Å². The Morgan fingerprint density at radius 2 is 1.69 bits per heavy atom. The van der Waals surface area contributed by atoms with E-state index in [0.29, 0.717) is 36.5 Å². The van der Waals surface area contributed by atoms with Gasteiger partial charge in [0.15, 0.2) is 0 Å². The smallest absolute Gasteiger partial charge is 0.410 e. The summed E-state index contributed by atoms with van der Waals surface area (Å²) in [5, 5.41) is 8.96. The summed E-state index contributed by atoms with van der Waals surface area (Å²) >= 11 is 0. The number of hydrogen-bond donors (Lipinski definition) is 1. The van der Waals surface area contributed by atoms with Crippen LogP contribution in [0.15, 0.2) is 0 Å². The van der Waals surface area contributed by atoms with Gasteiger partial charge in [0.25, 0.3) is 0 Å². The van der Waals surface area contributed by atoms with Gasteiger partial charge in [-0.25, -0.2) is 4.79 Å². The quantitative estimate of drug-likeness (QED) is 0.722. The number of amides is 1. The van der Waals surface area contributed by atoms with Gasteiger partial charge in [0, 0.05) is 12.1 Å². The van der Waals surface area contributed by atoms with Crippen LogP contribution in [0.3, 0.4) is 0 Å².